The van der Waals surface area contributed by atoms with Crippen LogP contribution in [0.3, 0.4) is 0 Å². The number of fused-ring (bicyclic) bond motifs is 3. The van der Waals surface area contributed by atoms with Crippen LogP contribution >= 0.6 is 23.1 Å². The van der Waals surface area contributed by atoms with Gasteiger partial charge in [0.2, 0.25) is 0 Å². The minimum atomic E-state index is 0.133. The standard InChI is InChI=1S/C24H30N2OS2/c1-15(2)28-23-25-21-20(22(27)26(23)14-16-9-7-6-8-10-16)18-12-11-17(24(3,4)5)13-19(18)29-21/h6-10,15,17H,11-14H2,1-5H3. The lowest BCUT2D eigenvalue weighted by molar-refractivity contribution is 0.218. The topological polar surface area (TPSA) is 34.9 Å². The number of nitrogens with zero attached hydrogens (tertiary/aromatic N) is 2. The average molecular weight is 427 g/mol. The van der Waals surface area contributed by atoms with E-state index in [0.29, 0.717) is 23.1 Å². The lowest BCUT2D eigenvalue weighted by atomic mass is 9.72. The lowest BCUT2D eigenvalue weighted by Gasteiger charge is -2.33. The van der Waals surface area contributed by atoms with Gasteiger partial charge in [0, 0.05) is 10.1 Å². The van der Waals surface area contributed by atoms with E-state index >= 15 is 0 Å². The van der Waals surface area contributed by atoms with Crippen molar-refractivity contribution in [3.63, 3.8) is 0 Å². The zero-order chi connectivity index (χ0) is 20.8. The van der Waals surface area contributed by atoms with Crippen LogP contribution in [0.1, 0.15) is 57.0 Å². The number of rotatable bonds is 4. The normalized spacial score (nSPS) is 17.1. The number of aromatic nitrogens is 2. The van der Waals surface area contributed by atoms with Crippen LogP contribution in [0.5, 0.6) is 0 Å². The van der Waals surface area contributed by atoms with Crippen molar-refractivity contribution >= 4 is 33.3 Å². The first kappa shape index (κ1) is 20.7. The molecule has 5 heteroatoms. The summed E-state index contributed by atoms with van der Waals surface area (Å²) in [6, 6.07) is 10.2. The molecule has 1 aromatic carbocycles. The molecule has 0 saturated carbocycles. The van der Waals surface area contributed by atoms with Crippen molar-refractivity contribution in [2.45, 2.75) is 70.8 Å². The van der Waals surface area contributed by atoms with Gasteiger partial charge in [0.25, 0.3) is 5.56 Å². The van der Waals surface area contributed by atoms with Crippen LogP contribution in [-0.2, 0) is 19.4 Å². The third-order valence-electron chi connectivity index (χ3n) is 5.88. The summed E-state index contributed by atoms with van der Waals surface area (Å²) in [5.74, 6) is 0.666. The lowest BCUT2D eigenvalue weighted by Crippen LogP contribution is -2.27. The Labute approximate surface area is 181 Å². The number of benzene rings is 1. The van der Waals surface area contributed by atoms with E-state index in [1.807, 2.05) is 22.8 Å². The second-order valence-electron chi connectivity index (χ2n) is 9.43. The molecule has 1 aliphatic rings. The third kappa shape index (κ3) is 4.17. The van der Waals surface area contributed by atoms with Crippen LogP contribution in [0.25, 0.3) is 10.2 Å². The van der Waals surface area contributed by atoms with Crippen molar-refractivity contribution in [2.24, 2.45) is 11.3 Å². The highest BCUT2D eigenvalue weighted by Crippen LogP contribution is 2.42. The molecule has 1 unspecified atom stereocenters. The predicted octanol–water partition coefficient (Wildman–Crippen LogP) is 6.16. The Kier molecular flexibility index (Phi) is 5.64. The average Bonchev–Trinajstić information content (AvgIpc) is 3.02. The molecule has 0 radical (unpaired) electrons. The summed E-state index contributed by atoms with van der Waals surface area (Å²) in [6.07, 6.45) is 3.23. The highest BCUT2D eigenvalue weighted by molar-refractivity contribution is 7.99. The van der Waals surface area contributed by atoms with Gasteiger partial charge in [0.05, 0.1) is 11.9 Å². The van der Waals surface area contributed by atoms with Crippen LogP contribution in [0.4, 0.5) is 0 Å². The number of hydrogen-bond donors (Lipinski definition) is 0. The minimum absolute atomic E-state index is 0.133. The Bertz CT molecular complexity index is 1070. The zero-order valence-electron chi connectivity index (χ0n) is 18.0. The zero-order valence-corrected chi connectivity index (χ0v) is 19.6. The summed E-state index contributed by atoms with van der Waals surface area (Å²) in [5.41, 5.74) is 2.84. The van der Waals surface area contributed by atoms with Gasteiger partial charge in [-0.1, -0.05) is 76.7 Å². The molecule has 0 aliphatic heterocycles. The van der Waals surface area contributed by atoms with Crippen molar-refractivity contribution in [1.82, 2.24) is 9.55 Å². The summed E-state index contributed by atoms with van der Waals surface area (Å²) in [5, 5.41) is 2.09. The van der Waals surface area contributed by atoms with Gasteiger partial charge in [0.15, 0.2) is 5.16 Å². The molecule has 0 bridgehead atoms. The van der Waals surface area contributed by atoms with Gasteiger partial charge >= 0.3 is 0 Å². The summed E-state index contributed by atoms with van der Waals surface area (Å²) in [4.78, 5) is 21.0. The van der Waals surface area contributed by atoms with E-state index in [9.17, 15) is 4.79 Å². The molecule has 1 atom stereocenters. The van der Waals surface area contributed by atoms with Gasteiger partial charge in [-0.05, 0) is 41.7 Å². The van der Waals surface area contributed by atoms with Crippen LogP contribution in [0, 0.1) is 11.3 Å². The van der Waals surface area contributed by atoms with E-state index in [1.165, 1.54) is 10.4 Å². The summed E-state index contributed by atoms with van der Waals surface area (Å²) < 4.78 is 1.89. The number of thioether (sulfide) groups is 1. The largest absolute Gasteiger partial charge is 0.283 e. The molecule has 29 heavy (non-hydrogen) atoms. The third-order valence-corrected chi connectivity index (χ3v) is 8.03. The molecular formula is C24H30N2OS2. The summed E-state index contributed by atoms with van der Waals surface area (Å²) in [6.45, 7) is 11.9. The second kappa shape index (κ2) is 7.92. The number of aryl methyl sites for hydroxylation is 1. The molecule has 0 N–H and O–H groups in total. The molecule has 0 fully saturated rings. The van der Waals surface area contributed by atoms with Gasteiger partial charge in [-0.15, -0.1) is 11.3 Å². The maximum Gasteiger partial charge on any atom is 0.263 e. The van der Waals surface area contributed by atoms with Gasteiger partial charge in [-0.25, -0.2) is 4.98 Å². The van der Waals surface area contributed by atoms with E-state index in [4.69, 9.17) is 4.98 Å². The van der Waals surface area contributed by atoms with Crippen molar-refractivity contribution in [1.29, 1.82) is 0 Å². The van der Waals surface area contributed by atoms with E-state index in [2.05, 4.69) is 46.8 Å². The number of hydrogen-bond acceptors (Lipinski definition) is 4. The fourth-order valence-electron chi connectivity index (χ4n) is 4.19. The van der Waals surface area contributed by atoms with Gasteiger partial charge in [0.1, 0.15) is 4.83 Å². The van der Waals surface area contributed by atoms with Crippen LogP contribution < -0.4 is 5.56 Å². The Morgan fingerprint density at radius 3 is 2.62 bits per heavy atom. The first-order chi connectivity index (χ1) is 13.7. The van der Waals surface area contributed by atoms with E-state index in [-0.39, 0.29) is 5.56 Å². The Morgan fingerprint density at radius 1 is 1.24 bits per heavy atom. The molecule has 2 heterocycles. The minimum Gasteiger partial charge on any atom is -0.283 e. The molecule has 3 aromatic rings. The van der Waals surface area contributed by atoms with Crippen LogP contribution in [0.2, 0.25) is 0 Å². The molecule has 4 rings (SSSR count). The molecule has 154 valence electrons. The van der Waals surface area contributed by atoms with E-state index in [0.717, 1.165) is 40.2 Å². The molecule has 3 nitrogen and oxygen atoms in total. The maximum absolute atomic E-state index is 13.7. The smallest absolute Gasteiger partial charge is 0.263 e. The summed E-state index contributed by atoms with van der Waals surface area (Å²) >= 11 is 3.43. The van der Waals surface area contributed by atoms with E-state index < -0.39 is 0 Å². The van der Waals surface area contributed by atoms with Crippen molar-refractivity contribution in [2.75, 3.05) is 0 Å². The quantitative estimate of drug-likeness (QED) is 0.370. The monoisotopic (exact) mass is 426 g/mol. The second-order valence-corrected chi connectivity index (χ2v) is 12.1. The fraction of sp³-hybridized carbons (Fsp3) is 0.500. The van der Waals surface area contributed by atoms with Crippen molar-refractivity contribution < 1.29 is 0 Å². The van der Waals surface area contributed by atoms with Crippen molar-refractivity contribution in [3.05, 3.63) is 56.7 Å². The predicted molar refractivity (Wildman–Crippen MR) is 125 cm³/mol. The van der Waals surface area contributed by atoms with Crippen LogP contribution in [-0.4, -0.2) is 14.8 Å². The number of thiophene rings is 1. The molecular weight excluding hydrogens is 396 g/mol. The van der Waals surface area contributed by atoms with Crippen LogP contribution in [0.15, 0.2) is 40.3 Å². The van der Waals surface area contributed by atoms with Gasteiger partial charge < -0.3 is 0 Å². The Balaban J connectivity index is 1.84. The molecule has 0 spiro atoms. The fourth-order valence-corrected chi connectivity index (χ4v) is 6.37. The van der Waals surface area contributed by atoms with Crippen molar-refractivity contribution in [3.8, 4) is 0 Å². The highest BCUT2D eigenvalue weighted by atomic mass is 32.2. The maximum atomic E-state index is 13.7. The Hall–Kier alpha value is -1.59. The molecule has 2 aromatic heterocycles. The first-order valence-corrected chi connectivity index (χ1v) is 12.2. The van der Waals surface area contributed by atoms with E-state index in [1.54, 1.807) is 23.1 Å². The Morgan fingerprint density at radius 2 is 1.97 bits per heavy atom. The first-order valence-electron chi connectivity index (χ1n) is 10.5. The SMILES string of the molecule is CC(C)Sc1nc2sc3c(c2c(=O)n1Cc1ccccc1)CCC(C(C)(C)C)C3. The van der Waals surface area contributed by atoms with Gasteiger partial charge in [-0.2, -0.15) is 0 Å². The molecule has 1 aliphatic carbocycles. The molecule has 0 amide bonds. The van der Waals surface area contributed by atoms with Gasteiger partial charge in [-0.3, -0.25) is 9.36 Å². The molecule has 0 saturated heterocycles. The summed E-state index contributed by atoms with van der Waals surface area (Å²) in [7, 11) is 0. The highest BCUT2D eigenvalue weighted by Gasteiger charge is 2.32.